The summed E-state index contributed by atoms with van der Waals surface area (Å²) in [6, 6.07) is 11.1. The average molecular weight is 280 g/mol. The fourth-order valence-corrected chi connectivity index (χ4v) is 4.09. The maximum atomic E-state index is 12.8. The van der Waals surface area contributed by atoms with Gasteiger partial charge in [0.25, 0.3) is 0 Å². The van der Waals surface area contributed by atoms with Crippen molar-refractivity contribution in [2.75, 3.05) is 7.05 Å². The normalized spacial score (nSPS) is 28.9. The van der Waals surface area contributed by atoms with Crippen molar-refractivity contribution in [2.24, 2.45) is 5.92 Å². The highest BCUT2D eigenvalue weighted by atomic mass is 16.1. The molecule has 2 fully saturated rings. The molecule has 0 N–H and O–H groups in total. The van der Waals surface area contributed by atoms with Crippen molar-refractivity contribution in [1.82, 2.24) is 9.88 Å². The molecule has 1 aromatic heterocycles. The lowest BCUT2D eigenvalue weighted by Crippen LogP contribution is -2.42. The summed E-state index contributed by atoms with van der Waals surface area (Å²) in [4.78, 5) is 19.6. The number of ketones is 1. The van der Waals surface area contributed by atoms with Gasteiger partial charge in [-0.1, -0.05) is 6.07 Å². The van der Waals surface area contributed by atoms with Gasteiger partial charge in [0.1, 0.15) is 0 Å². The van der Waals surface area contributed by atoms with Crippen LogP contribution in [0.5, 0.6) is 0 Å². The van der Waals surface area contributed by atoms with Gasteiger partial charge >= 0.3 is 0 Å². The first-order valence-corrected chi connectivity index (χ1v) is 7.83. The molecule has 2 saturated heterocycles. The van der Waals surface area contributed by atoms with E-state index < -0.39 is 0 Å². The molecule has 3 heterocycles. The van der Waals surface area contributed by atoms with Crippen LogP contribution in [-0.2, 0) is 0 Å². The Morgan fingerprint density at radius 2 is 1.95 bits per heavy atom. The van der Waals surface area contributed by atoms with E-state index in [0.29, 0.717) is 17.9 Å². The molecule has 0 radical (unpaired) electrons. The Morgan fingerprint density at radius 1 is 1.19 bits per heavy atom. The van der Waals surface area contributed by atoms with E-state index in [-0.39, 0.29) is 5.92 Å². The minimum Gasteiger partial charge on any atom is -0.300 e. The zero-order valence-corrected chi connectivity index (χ0v) is 12.3. The molecule has 108 valence electrons. The molecule has 3 nitrogen and oxygen atoms in total. The van der Waals surface area contributed by atoms with Gasteiger partial charge in [-0.15, -0.1) is 0 Å². The summed E-state index contributed by atoms with van der Waals surface area (Å²) in [6.07, 6.45) is 6.35. The predicted molar refractivity (Wildman–Crippen MR) is 83.4 cm³/mol. The maximum absolute atomic E-state index is 12.8. The van der Waals surface area contributed by atoms with Crippen LogP contribution in [0.25, 0.3) is 10.9 Å². The number of carbonyl (C=O) groups excluding carboxylic acids is 1. The van der Waals surface area contributed by atoms with Gasteiger partial charge in [-0.3, -0.25) is 9.78 Å². The van der Waals surface area contributed by atoms with E-state index in [1.807, 2.05) is 30.3 Å². The lowest BCUT2D eigenvalue weighted by Gasteiger charge is -2.35. The van der Waals surface area contributed by atoms with Gasteiger partial charge in [-0.2, -0.15) is 0 Å². The van der Waals surface area contributed by atoms with E-state index in [4.69, 9.17) is 0 Å². The summed E-state index contributed by atoms with van der Waals surface area (Å²) >= 11 is 0. The highest BCUT2D eigenvalue weighted by Crippen LogP contribution is 2.38. The number of hydrogen-bond donors (Lipinski definition) is 0. The van der Waals surface area contributed by atoms with Gasteiger partial charge in [0.05, 0.1) is 5.52 Å². The van der Waals surface area contributed by atoms with Crippen molar-refractivity contribution in [3.8, 4) is 0 Å². The first kappa shape index (κ1) is 13.0. The van der Waals surface area contributed by atoms with Crippen molar-refractivity contribution in [1.29, 1.82) is 0 Å². The second kappa shape index (κ2) is 4.92. The molecule has 2 unspecified atom stereocenters. The fourth-order valence-electron chi connectivity index (χ4n) is 4.09. The number of hydrogen-bond acceptors (Lipinski definition) is 3. The number of carbonyl (C=O) groups is 1. The van der Waals surface area contributed by atoms with E-state index >= 15 is 0 Å². The summed E-state index contributed by atoms with van der Waals surface area (Å²) in [5.74, 6) is 0.526. The summed E-state index contributed by atoms with van der Waals surface area (Å²) in [6.45, 7) is 0. The lowest BCUT2D eigenvalue weighted by atomic mass is 9.85. The summed E-state index contributed by atoms with van der Waals surface area (Å²) in [5.41, 5.74) is 1.81. The topological polar surface area (TPSA) is 33.2 Å². The number of benzene rings is 1. The molecule has 0 spiro atoms. The fraction of sp³-hybridized carbons (Fsp3) is 0.444. The van der Waals surface area contributed by atoms with Crippen LogP contribution in [0.3, 0.4) is 0 Å². The Hall–Kier alpha value is -1.74. The van der Waals surface area contributed by atoms with Crippen molar-refractivity contribution in [2.45, 2.75) is 37.8 Å². The predicted octanol–water partition coefficient (Wildman–Crippen LogP) is 3.29. The van der Waals surface area contributed by atoms with Crippen LogP contribution in [0, 0.1) is 5.92 Å². The molecule has 4 rings (SSSR count). The third kappa shape index (κ3) is 2.16. The van der Waals surface area contributed by atoms with Crippen LogP contribution in [0.1, 0.15) is 36.0 Å². The number of piperidine rings is 1. The number of pyridine rings is 1. The van der Waals surface area contributed by atoms with E-state index in [0.717, 1.165) is 29.3 Å². The number of Topliss-reactive ketones (excluding diaryl/α,β-unsaturated/α-hetero) is 1. The zero-order valence-electron chi connectivity index (χ0n) is 12.3. The number of rotatable bonds is 2. The van der Waals surface area contributed by atoms with Crippen molar-refractivity contribution >= 4 is 16.7 Å². The Kier molecular flexibility index (Phi) is 3.03. The first-order chi connectivity index (χ1) is 10.2. The largest absolute Gasteiger partial charge is 0.300 e. The molecule has 2 aliphatic rings. The summed E-state index contributed by atoms with van der Waals surface area (Å²) < 4.78 is 0. The van der Waals surface area contributed by atoms with Gasteiger partial charge in [-0.25, -0.2) is 0 Å². The lowest BCUT2D eigenvalue weighted by molar-refractivity contribution is 0.0767. The highest BCUT2D eigenvalue weighted by Gasteiger charge is 2.40. The molecule has 21 heavy (non-hydrogen) atoms. The van der Waals surface area contributed by atoms with Gasteiger partial charge in [0, 0.05) is 35.1 Å². The van der Waals surface area contributed by atoms with Gasteiger partial charge in [0.15, 0.2) is 5.78 Å². The smallest absolute Gasteiger partial charge is 0.166 e. The number of nitrogens with zero attached hydrogens (tertiary/aromatic N) is 2. The Morgan fingerprint density at radius 3 is 2.71 bits per heavy atom. The third-order valence-electron chi connectivity index (χ3n) is 5.36. The summed E-state index contributed by atoms with van der Waals surface area (Å²) in [7, 11) is 2.21. The molecule has 2 bridgehead atoms. The standard InChI is InChI=1S/C18H20N2O/c1-20-15-5-6-16(20)11-14(10-15)18(21)13-4-7-17-12(9-13)3-2-8-19-17/h2-4,7-9,14-16H,5-6,10-11H2,1H3. The summed E-state index contributed by atoms with van der Waals surface area (Å²) in [5, 5.41) is 1.05. The minimum atomic E-state index is 0.202. The Labute approximate surface area is 125 Å². The molecule has 3 heteroatoms. The van der Waals surface area contributed by atoms with Gasteiger partial charge in [-0.05, 0) is 57.0 Å². The Balaban J connectivity index is 1.61. The second-order valence-electron chi connectivity index (χ2n) is 6.49. The van der Waals surface area contributed by atoms with E-state index in [2.05, 4.69) is 16.9 Å². The van der Waals surface area contributed by atoms with Crippen molar-refractivity contribution in [3.63, 3.8) is 0 Å². The van der Waals surface area contributed by atoms with Crippen LogP contribution in [-0.4, -0.2) is 34.8 Å². The van der Waals surface area contributed by atoms with E-state index in [9.17, 15) is 4.79 Å². The minimum absolute atomic E-state index is 0.202. The highest BCUT2D eigenvalue weighted by molar-refractivity contribution is 6.00. The van der Waals surface area contributed by atoms with Gasteiger partial charge in [0.2, 0.25) is 0 Å². The Bertz CT molecular complexity index is 682. The number of aromatic nitrogens is 1. The SMILES string of the molecule is CN1C2CCC1CC(C(=O)c1ccc3ncccc3c1)C2. The molecular weight excluding hydrogens is 260 g/mol. The molecule has 2 aromatic rings. The first-order valence-electron chi connectivity index (χ1n) is 7.83. The zero-order chi connectivity index (χ0) is 14.4. The van der Waals surface area contributed by atoms with Crippen LogP contribution in [0.2, 0.25) is 0 Å². The molecule has 1 aromatic carbocycles. The molecule has 0 amide bonds. The molecular formula is C18H20N2O. The van der Waals surface area contributed by atoms with Crippen LogP contribution >= 0.6 is 0 Å². The third-order valence-corrected chi connectivity index (χ3v) is 5.36. The molecule has 0 saturated carbocycles. The molecule has 0 aliphatic carbocycles. The maximum Gasteiger partial charge on any atom is 0.166 e. The van der Waals surface area contributed by atoms with E-state index in [1.54, 1.807) is 6.20 Å². The molecule has 2 aliphatic heterocycles. The van der Waals surface area contributed by atoms with Gasteiger partial charge < -0.3 is 4.90 Å². The van der Waals surface area contributed by atoms with Crippen molar-refractivity contribution < 1.29 is 4.79 Å². The average Bonchev–Trinajstić information content (AvgIpc) is 2.75. The number of fused-ring (bicyclic) bond motifs is 3. The molecule has 2 atom stereocenters. The van der Waals surface area contributed by atoms with Crippen LogP contribution in [0.15, 0.2) is 36.5 Å². The van der Waals surface area contributed by atoms with E-state index in [1.165, 1.54) is 12.8 Å². The second-order valence-corrected chi connectivity index (χ2v) is 6.49. The monoisotopic (exact) mass is 280 g/mol. The van der Waals surface area contributed by atoms with Crippen molar-refractivity contribution in [3.05, 3.63) is 42.1 Å². The quantitative estimate of drug-likeness (QED) is 0.791. The van der Waals surface area contributed by atoms with Crippen LogP contribution < -0.4 is 0 Å². The van der Waals surface area contributed by atoms with Crippen LogP contribution in [0.4, 0.5) is 0 Å².